The van der Waals surface area contributed by atoms with Crippen LogP contribution in [-0.2, 0) is 6.54 Å². The van der Waals surface area contributed by atoms with Gasteiger partial charge in [-0.15, -0.1) is 0 Å². The summed E-state index contributed by atoms with van der Waals surface area (Å²) in [5.74, 6) is 0.247. The van der Waals surface area contributed by atoms with E-state index in [1.807, 2.05) is 11.0 Å². The van der Waals surface area contributed by atoms with Crippen molar-refractivity contribution in [2.45, 2.75) is 33.2 Å². The molecule has 0 saturated carbocycles. The van der Waals surface area contributed by atoms with Crippen molar-refractivity contribution in [3.05, 3.63) is 107 Å². The maximum Gasteiger partial charge on any atom is 0.256 e. The van der Waals surface area contributed by atoms with Crippen molar-refractivity contribution in [3.63, 3.8) is 0 Å². The number of rotatable bonds is 8. The van der Waals surface area contributed by atoms with Crippen LogP contribution in [0, 0.1) is 24.6 Å². The molecule has 2 unspecified atom stereocenters. The van der Waals surface area contributed by atoms with E-state index in [0.717, 1.165) is 19.6 Å². The van der Waals surface area contributed by atoms with Crippen molar-refractivity contribution in [2.24, 2.45) is 11.8 Å². The summed E-state index contributed by atoms with van der Waals surface area (Å²) in [4.78, 5) is 17.8. The van der Waals surface area contributed by atoms with Gasteiger partial charge in [-0.1, -0.05) is 86.1 Å². The van der Waals surface area contributed by atoms with Gasteiger partial charge in [0, 0.05) is 38.6 Å². The standard InChI is InChI=1S/C30H35FN2O/c1-22(2)17-33(30(34)27-11-7-8-12-29(27)31)20-26-19-32(18-24-15-13-23(3)14-16-24)21-28(26)25-9-5-4-6-10-25/h4-16,22,26,28H,17-21H2,1-3H3. The highest BCUT2D eigenvalue weighted by Crippen LogP contribution is 2.34. The number of likely N-dealkylation sites (tertiary alicyclic amines) is 1. The molecule has 2 atom stereocenters. The third kappa shape index (κ3) is 5.92. The topological polar surface area (TPSA) is 23.6 Å². The maximum atomic E-state index is 14.5. The molecular formula is C30H35FN2O. The molecule has 0 spiro atoms. The zero-order chi connectivity index (χ0) is 24.1. The number of halogens is 1. The Morgan fingerprint density at radius 1 is 0.971 bits per heavy atom. The van der Waals surface area contributed by atoms with Crippen LogP contribution in [0.3, 0.4) is 0 Å². The summed E-state index contributed by atoms with van der Waals surface area (Å²) in [5, 5.41) is 0. The first kappa shape index (κ1) is 24.2. The van der Waals surface area contributed by atoms with Crippen LogP contribution in [0.1, 0.15) is 46.8 Å². The number of carbonyl (C=O) groups is 1. The molecule has 1 heterocycles. The van der Waals surface area contributed by atoms with E-state index in [9.17, 15) is 9.18 Å². The van der Waals surface area contributed by atoms with Crippen LogP contribution in [0.25, 0.3) is 0 Å². The number of amides is 1. The predicted molar refractivity (Wildman–Crippen MR) is 136 cm³/mol. The predicted octanol–water partition coefficient (Wildman–Crippen LogP) is 6.15. The van der Waals surface area contributed by atoms with E-state index in [2.05, 4.69) is 74.2 Å². The van der Waals surface area contributed by atoms with E-state index in [0.29, 0.717) is 24.9 Å². The van der Waals surface area contributed by atoms with E-state index in [-0.39, 0.29) is 17.4 Å². The molecule has 1 fully saturated rings. The quantitative estimate of drug-likeness (QED) is 0.404. The van der Waals surface area contributed by atoms with E-state index in [4.69, 9.17) is 0 Å². The molecule has 4 heteroatoms. The third-order valence-corrected chi connectivity index (χ3v) is 6.70. The largest absolute Gasteiger partial charge is 0.338 e. The average Bonchev–Trinajstić information content (AvgIpc) is 3.22. The highest BCUT2D eigenvalue weighted by atomic mass is 19.1. The van der Waals surface area contributed by atoms with Crippen molar-refractivity contribution in [1.29, 1.82) is 0 Å². The summed E-state index contributed by atoms with van der Waals surface area (Å²) in [6.45, 7) is 10.3. The van der Waals surface area contributed by atoms with Crippen molar-refractivity contribution < 1.29 is 9.18 Å². The second kappa shape index (κ2) is 11.0. The fourth-order valence-electron chi connectivity index (χ4n) is 5.07. The highest BCUT2D eigenvalue weighted by molar-refractivity contribution is 5.94. The molecule has 178 valence electrons. The Labute approximate surface area is 203 Å². The lowest BCUT2D eigenvalue weighted by Gasteiger charge is -2.30. The Bertz CT molecular complexity index is 1080. The Hall–Kier alpha value is -2.98. The number of nitrogens with zero attached hydrogens (tertiary/aromatic N) is 2. The molecule has 34 heavy (non-hydrogen) atoms. The van der Waals surface area contributed by atoms with Gasteiger partial charge in [-0.05, 0) is 42.0 Å². The van der Waals surface area contributed by atoms with Gasteiger partial charge >= 0.3 is 0 Å². The number of hydrogen-bond acceptors (Lipinski definition) is 2. The van der Waals surface area contributed by atoms with Gasteiger partial charge in [0.1, 0.15) is 5.82 Å². The summed E-state index contributed by atoms with van der Waals surface area (Å²) in [7, 11) is 0. The second-order valence-electron chi connectivity index (χ2n) is 10.0. The summed E-state index contributed by atoms with van der Waals surface area (Å²) >= 11 is 0. The van der Waals surface area contributed by atoms with Crippen molar-refractivity contribution in [2.75, 3.05) is 26.2 Å². The van der Waals surface area contributed by atoms with Gasteiger partial charge in [-0.25, -0.2) is 4.39 Å². The molecule has 1 aliphatic rings. The fourth-order valence-corrected chi connectivity index (χ4v) is 5.07. The van der Waals surface area contributed by atoms with Crippen LogP contribution in [0.5, 0.6) is 0 Å². The first-order chi connectivity index (χ1) is 16.4. The molecule has 1 aliphatic heterocycles. The molecule has 3 aromatic rings. The minimum atomic E-state index is -0.451. The normalized spacial score (nSPS) is 18.4. The summed E-state index contributed by atoms with van der Waals surface area (Å²) in [6.07, 6.45) is 0. The Balaban J connectivity index is 1.57. The van der Waals surface area contributed by atoms with Crippen molar-refractivity contribution in [3.8, 4) is 0 Å². The van der Waals surface area contributed by atoms with Gasteiger partial charge in [0.15, 0.2) is 0 Å². The Morgan fingerprint density at radius 3 is 2.32 bits per heavy atom. The molecule has 1 saturated heterocycles. The van der Waals surface area contributed by atoms with Crippen LogP contribution in [-0.4, -0.2) is 41.9 Å². The second-order valence-corrected chi connectivity index (χ2v) is 10.0. The molecule has 0 aliphatic carbocycles. The number of carbonyl (C=O) groups excluding carboxylic acids is 1. The zero-order valence-corrected chi connectivity index (χ0v) is 20.5. The van der Waals surface area contributed by atoms with E-state index < -0.39 is 5.82 Å². The Morgan fingerprint density at radius 2 is 1.65 bits per heavy atom. The summed E-state index contributed by atoms with van der Waals surface area (Å²) in [5.41, 5.74) is 4.04. The molecule has 4 rings (SSSR count). The minimum absolute atomic E-state index is 0.161. The van der Waals surface area contributed by atoms with Gasteiger partial charge in [0.05, 0.1) is 5.56 Å². The number of benzene rings is 3. The molecular weight excluding hydrogens is 423 g/mol. The van der Waals surface area contributed by atoms with E-state index in [1.165, 1.54) is 22.8 Å². The van der Waals surface area contributed by atoms with E-state index >= 15 is 0 Å². The van der Waals surface area contributed by atoms with Crippen molar-refractivity contribution >= 4 is 5.91 Å². The Kier molecular flexibility index (Phi) is 7.79. The smallest absolute Gasteiger partial charge is 0.256 e. The third-order valence-electron chi connectivity index (χ3n) is 6.70. The fraction of sp³-hybridized carbons (Fsp3) is 0.367. The number of hydrogen-bond donors (Lipinski definition) is 0. The van der Waals surface area contributed by atoms with Crippen molar-refractivity contribution in [1.82, 2.24) is 9.80 Å². The molecule has 0 aromatic heterocycles. The van der Waals surface area contributed by atoms with Gasteiger partial charge in [-0.2, -0.15) is 0 Å². The summed E-state index contributed by atoms with van der Waals surface area (Å²) < 4.78 is 14.5. The molecule has 1 amide bonds. The molecule has 0 bridgehead atoms. The lowest BCUT2D eigenvalue weighted by atomic mass is 9.88. The van der Waals surface area contributed by atoms with Gasteiger partial charge in [-0.3, -0.25) is 9.69 Å². The first-order valence-electron chi connectivity index (χ1n) is 12.3. The van der Waals surface area contributed by atoms with Crippen LogP contribution >= 0.6 is 0 Å². The lowest BCUT2D eigenvalue weighted by Crippen LogP contribution is -2.40. The van der Waals surface area contributed by atoms with Gasteiger partial charge in [0.25, 0.3) is 5.91 Å². The molecule has 3 aromatic carbocycles. The number of aryl methyl sites for hydroxylation is 1. The SMILES string of the molecule is Cc1ccc(CN2CC(CN(CC(C)C)C(=O)c3ccccc3F)C(c3ccccc3)C2)cc1. The summed E-state index contributed by atoms with van der Waals surface area (Å²) in [6, 6.07) is 25.7. The maximum absolute atomic E-state index is 14.5. The minimum Gasteiger partial charge on any atom is -0.338 e. The zero-order valence-electron chi connectivity index (χ0n) is 20.5. The van der Waals surface area contributed by atoms with E-state index in [1.54, 1.807) is 18.2 Å². The van der Waals surface area contributed by atoms with Crippen LogP contribution in [0.15, 0.2) is 78.9 Å². The average molecular weight is 459 g/mol. The lowest BCUT2D eigenvalue weighted by molar-refractivity contribution is 0.0698. The molecule has 0 radical (unpaired) electrons. The van der Waals surface area contributed by atoms with Crippen LogP contribution < -0.4 is 0 Å². The van der Waals surface area contributed by atoms with Gasteiger partial charge in [0.2, 0.25) is 0 Å². The van der Waals surface area contributed by atoms with Crippen LogP contribution in [0.2, 0.25) is 0 Å². The molecule has 3 nitrogen and oxygen atoms in total. The first-order valence-corrected chi connectivity index (χ1v) is 12.3. The van der Waals surface area contributed by atoms with Gasteiger partial charge < -0.3 is 4.90 Å². The molecule has 0 N–H and O–H groups in total. The monoisotopic (exact) mass is 458 g/mol. The highest BCUT2D eigenvalue weighted by Gasteiger charge is 2.36. The van der Waals surface area contributed by atoms with Crippen LogP contribution in [0.4, 0.5) is 4.39 Å².